The van der Waals surface area contributed by atoms with Crippen molar-refractivity contribution in [1.82, 2.24) is 10.2 Å². The molecule has 1 aliphatic carbocycles. The molecule has 1 aliphatic heterocycles. The van der Waals surface area contributed by atoms with Crippen molar-refractivity contribution >= 4 is 18.0 Å². The number of carbonyl (C=O) groups excluding carboxylic acids is 2. The standard InChI is InChI=1S/C28H34N2O5/c1-17(2)23(25(31)30-14-18(3)28(4,16-30)26(32)33)13-29-27(34)35-15-24-21-11-7-5-9-19(21)20-10-6-8-12-22(20)24/h5-12,17-18,23-24H,13-16H2,1-4H3,(H,29,34)(H,32,33)/t18-,23?,28-/m1/s1. The first-order chi connectivity index (χ1) is 16.6. The predicted molar refractivity (Wildman–Crippen MR) is 133 cm³/mol. The second-order valence-corrected chi connectivity index (χ2v) is 10.4. The number of fused-ring (bicyclic) bond motifs is 3. The Hall–Kier alpha value is -3.35. The number of ether oxygens (including phenoxy) is 1. The van der Waals surface area contributed by atoms with Crippen LogP contribution in [0, 0.1) is 23.2 Å². The van der Waals surface area contributed by atoms with Crippen LogP contribution in [-0.2, 0) is 14.3 Å². The van der Waals surface area contributed by atoms with Crippen LogP contribution in [0.15, 0.2) is 48.5 Å². The van der Waals surface area contributed by atoms with Gasteiger partial charge >= 0.3 is 12.1 Å². The number of carbonyl (C=O) groups is 3. The molecule has 0 bridgehead atoms. The third kappa shape index (κ3) is 4.64. The van der Waals surface area contributed by atoms with E-state index in [1.165, 1.54) is 0 Å². The Morgan fingerprint density at radius 1 is 1.09 bits per heavy atom. The second kappa shape index (κ2) is 9.72. The van der Waals surface area contributed by atoms with Crippen molar-refractivity contribution in [2.45, 2.75) is 33.6 Å². The van der Waals surface area contributed by atoms with Crippen LogP contribution in [-0.4, -0.2) is 54.2 Å². The quantitative estimate of drug-likeness (QED) is 0.616. The number of nitrogens with one attached hydrogen (secondary N) is 1. The maximum atomic E-state index is 13.2. The maximum Gasteiger partial charge on any atom is 0.407 e. The molecular weight excluding hydrogens is 444 g/mol. The lowest BCUT2D eigenvalue weighted by molar-refractivity contribution is -0.149. The van der Waals surface area contributed by atoms with Crippen molar-refractivity contribution in [3.63, 3.8) is 0 Å². The molecule has 0 saturated carbocycles. The summed E-state index contributed by atoms with van der Waals surface area (Å²) >= 11 is 0. The van der Waals surface area contributed by atoms with Crippen molar-refractivity contribution in [3.05, 3.63) is 59.7 Å². The van der Waals surface area contributed by atoms with E-state index in [2.05, 4.69) is 29.6 Å². The van der Waals surface area contributed by atoms with Crippen LogP contribution in [0.5, 0.6) is 0 Å². The summed E-state index contributed by atoms with van der Waals surface area (Å²) in [5, 5.41) is 12.4. The first-order valence-electron chi connectivity index (χ1n) is 12.2. The van der Waals surface area contributed by atoms with Gasteiger partial charge < -0.3 is 20.1 Å². The molecule has 7 nitrogen and oxygen atoms in total. The molecule has 1 fully saturated rings. The largest absolute Gasteiger partial charge is 0.481 e. The molecule has 2 N–H and O–H groups in total. The summed E-state index contributed by atoms with van der Waals surface area (Å²) in [5.41, 5.74) is 3.64. The first-order valence-corrected chi connectivity index (χ1v) is 12.2. The highest BCUT2D eigenvalue weighted by Crippen LogP contribution is 2.44. The molecule has 2 amide bonds. The van der Waals surface area contributed by atoms with Crippen LogP contribution in [0.3, 0.4) is 0 Å². The lowest BCUT2D eigenvalue weighted by atomic mass is 9.81. The average molecular weight is 479 g/mol. The van der Waals surface area contributed by atoms with Crippen LogP contribution in [0.25, 0.3) is 11.1 Å². The van der Waals surface area contributed by atoms with E-state index in [1.807, 2.05) is 45.0 Å². The van der Waals surface area contributed by atoms with Gasteiger partial charge in [-0.15, -0.1) is 0 Å². The van der Waals surface area contributed by atoms with Gasteiger partial charge in [0.1, 0.15) is 6.61 Å². The predicted octanol–water partition coefficient (Wildman–Crippen LogP) is 4.37. The Bertz CT molecular complexity index is 1080. The van der Waals surface area contributed by atoms with Gasteiger partial charge in [0, 0.05) is 25.6 Å². The maximum absolute atomic E-state index is 13.2. The Balaban J connectivity index is 1.36. The van der Waals surface area contributed by atoms with Gasteiger partial charge in [-0.1, -0.05) is 69.3 Å². The molecule has 1 unspecified atom stereocenters. The zero-order valence-electron chi connectivity index (χ0n) is 20.8. The van der Waals surface area contributed by atoms with Crippen LogP contribution in [0.2, 0.25) is 0 Å². The van der Waals surface area contributed by atoms with Gasteiger partial charge in [0.05, 0.1) is 11.3 Å². The smallest absolute Gasteiger partial charge is 0.407 e. The zero-order valence-corrected chi connectivity index (χ0v) is 20.8. The van der Waals surface area contributed by atoms with E-state index in [1.54, 1.807) is 11.8 Å². The Morgan fingerprint density at radius 3 is 2.17 bits per heavy atom. The van der Waals surface area contributed by atoms with Gasteiger partial charge in [0.25, 0.3) is 0 Å². The Labute approximate surface area is 206 Å². The van der Waals surface area contributed by atoms with Crippen LogP contribution >= 0.6 is 0 Å². The molecule has 0 aromatic heterocycles. The van der Waals surface area contributed by atoms with E-state index in [0.29, 0.717) is 6.54 Å². The molecule has 2 aliphatic rings. The van der Waals surface area contributed by atoms with Crippen LogP contribution in [0.4, 0.5) is 4.79 Å². The van der Waals surface area contributed by atoms with E-state index in [-0.39, 0.29) is 43.4 Å². The summed E-state index contributed by atoms with van der Waals surface area (Å²) in [6.45, 7) is 8.33. The van der Waals surface area contributed by atoms with Crippen molar-refractivity contribution in [3.8, 4) is 11.1 Å². The van der Waals surface area contributed by atoms with Crippen molar-refractivity contribution in [2.24, 2.45) is 23.2 Å². The van der Waals surface area contributed by atoms with E-state index >= 15 is 0 Å². The molecule has 2 aromatic carbocycles. The van der Waals surface area contributed by atoms with Gasteiger partial charge in [0.2, 0.25) is 5.91 Å². The van der Waals surface area contributed by atoms with Crippen molar-refractivity contribution in [2.75, 3.05) is 26.2 Å². The fourth-order valence-corrected chi connectivity index (χ4v) is 5.28. The monoisotopic (exact) mass is 478 g/mol. The van der Waals surface area contributed by atoms with Crippen LogP contribution in [0.1, 0.15) is 44.7 Å². The first kappa shape index (κ1) is 24.8. The number of amides is 2. The lowest BCUT2D eigenvalue weighted by Gasteiger charge is -2.27. The Kier molecular flexibility index (Phi) is 6.88. The minimum Gasteiger partial charge on any atom is -0.481 e. The summed E-state index contributed by atoms with van der Waals surface area (Å²) in [7, 11) is 0. The number of likely N-dealkylation sites (tertiary alicyclic amines) is 1. The number of hydrogen-bond donors (Lipinski definition) is 2. The second-order valence-electron chi connectivity index (χ2n) is 10.4. The van der Waals surface area contributed by atoms with E-state index in [9.17, 15) is 19.5 Å². The fourth-order valence-electron chi connectivity index (χ4n) is 5.28. The fraction of sp³-hybridized carbons (Fsp3) is 0.464. The number of rotatable bonds is 7. The molecule has 1 saturated heterocycles. The molecule has 0 radical (unpaired) electrons. The molecule has 186 valence electrons. The average Bonchev–Trinajstić information content (AvgIpc) is 3.32. The zero-order chi connectivity index (χ0) is 25.3. The molecule has 4 rings (SSSR count). The van der Waals surface area contributed by atoms with Gasteiger partial charge in [0.15, 0.2) is 0 Å². The number of aliphatic carboxylic acids is 1. The third-order valence-electron chi connectivity index (χ3n) is 7.83. The van der Waals surface area contributed by atoms with E-state index in [0.717, 1.165) is 22.3 Å². The van der Waals surface area contributed by atoms with Gasteiger partial charge in [-0.05, 0) is 41.0 Å². The van der Waals surface area contributed by atoms with Gasteiger partial charge in [-0.2, -0.15) is 0 Å². The molecule has 0 spiro atoms. The SMILES string of the molecule is CC(C)C(CNC(=O)OCC1c2ccccc2-c2ccccc21)C(=O)N1C[C@@H](C)[C@](C)(C(=O)O)C1. The summed E-state index contributed by atoms with van der Waals surface area (Å²) in [5.74, 6) is -1.68. The van der Waals surface area contributed by atoms with Crippen molar-refractivity contribution < 1.29 is 24.2 Å². The highest BCUT2D eigenvalue weighted by molar-refractivity contribution is 5.83. The number of carboxylic acids is 1. The summed E-state index contributed by atoms with van der Waals surface area (Å²) < 4.78 is 5.60. The molecule has 7 heteroatoms. The minimum atomic E-state index is -0.961. The lowest BCUT2D eigenvalue weighted by Crippen LogP contribution is -2.44. The summed E-state index contributed by atoms with van der Waals surface area (Å²) in [4.78, 5) is 39.2. The molecule has 2 aromatic rings. The number of nitrogens with zero attached hydrogens (tertiary/aromatic N) is 1. The number of alkyl carbamates (subject to hydrolysis) is 1. The van der Waals surface area contributed by atoms with Gasteiger partial charge in [-0.3, -0.25) is 9.59 Å². The van der Waals surface area contributed by atoms with Gasteiger partial charge in [-0.25, -0.2) is 4.79 Å². The summed E-state index contributed by atoms with van der Waals surface area (Å²) in [6, 6.07) is 16.3. The van der Waals surface area contributed by atoms with Crippen LogP contribution < -0.4 is 5.32 Å². The number of carboxylic acid groups (broad SMARTS) is 1. The van der Waals surface area contributed by atoms with E-state index in [4.69, 9.17) is 4.74 Å². The molecule has 1 heterocycles. The molecular formula is C28H34N2O5. The Morgan fingerprint density at radius 2 is 1.66 bits per heavy atom. The normalized spacial score (nSPS) is 22.0. The number of hydrogen-bond acceptors (Lipinski definition) is 4. The summed E-state index contributed by atoms with van der Waals surface area (Å²) in [6.07, 6.45) is -0.560. The van der Waals surface area contributed by atoms with Crippen molar-refractivity contribution in [1.29, 1.82) is 0 Å². The molecule has 35 heavy (non-hydrogen) atoms. The molecule has 3 atom stereocenters. The highest BCUT2D eigenvalue weighted by Gasteiger charge is 2.48. The highest BCUT2D eigenvalue weighted by atomic mass is 16.5. The number of benzene rings is 2. The minimum absolute atomic E-state index is 0.0247. The third-order valence-corrected chi connectivity index (χ3v) is 7.83. The van der Waals surface area contributed by atoms with E-state index < -0.39 is 23.4 Å². The topological polar surface area (TPSA) is 95.9 Å².